The van der Waals surface area contributed by atoms with Crippen LogP contribution in [0.25, 0.3) is 0 Å². The molecule has 0 saturated carbocycles. The first-order valence-corrected chi connectivity index (χ1v) is 10.3. The lowest BCUT2D eigenvalue weighted by atomic mass is 10.1. The third-order valence-electron chi connectivity index (χ3n) is 4.66. The summed E-state index contributed by atoms with van der Waals surface area (Å²) in [7, 11) is 0. The maximum atomic E-state index is 10.5. The summed E-state index contributed by atoms with van der Waals surface area (Å²) < 4.78 is 19.4. The van der Waals surface area contributed by atoms with Crippen molar-refractivity contribution in [2.24, 2.45) is 0 Å². The summed E-state index contributed by atoms with van der Waals surface area (Å²) >= 11 is 12.5. The van der Waals surface area contributed by atoms with Crippen molar-refractivity contribution < 1.29 is 24.1 Å². The van der Waals surface area contributed by atoms with Crippen LogP contribution < -0.4 is 4.84 Å². The van der Waals surface area contributed by atoms with Crippen LogP contribution in [-0.4, -0.2) is 39.2 Å². The van der Waals surface area contributed by atoms with Gasteiger partial charge < -0.3 is 14.2 Å². The molecule has 3 aromatic rings. The van der Waals surface area contributed by atoms with Gasteiger partial charge in [-0.3, -0.25) is 0 Å². The summed E-state index contributed by atoms with van der Waals surface area (Å²) in [6, 6.07) is 14.3. The molecule has 1 saturated heterocycles. The zero-order chi connectivity index (χ0) is 22.6. The van der Waals surface area contributed by atoms with Gasteiger partial charge in [0.25, 0.3) is 0 Å². The summed E-state index contributed by atoms with van der Waals surface area (Å²) in [5, 5.41) is 14.3. The second-order valence-corrected chi connectivity index (χ2v) is 7.81. The van der Waals surface area contributed by atoms with Gasteiger partial charge in [0.05, 0.1) is 24.8 Å². The van der Waals surface area contributed by atoms with Crippen LogP contribution in [0.15, 0.2) is 54.9 Å². The Hall–Kier alpha value is -2.76. The van der Waals surface area contributed by atoms with Crippen molar-refractivity contribution in [1.82, 2.24) is 14.8 Å². The van der Waals surface area contributed by atoms with Crippen LogP contribution in [0.1, 0.15) is 11.1 Å². The lowest BCUT2D eigenvalue weighted by Crippen LogP contribution is -2.35. The zero-order valence-electron chi connectivity index (χ0n) is 16.6. The van der Waals surface area contributed by atoms with E-state index in [1.165, 1.54) is 11.0 Å². The average Bonchev–Trinajstić information content (AvgIpc) is 3.36. The molecule has 0 amide bonds. The van der Waals surface area contributed by atoms with Crippen LogP contribution in [0.5, 0.6) is 6.01 Å². The molecular formula is C20H18Cl2N4O6. The standard InChI is InChI=1S/C20H18Cl2N4O6/c21-15-6-7-17(18(22)8-15)20(12-25-13-23-19(24-25)32-26(27)28)30-11-16(31-20)10-29-9-14-4-2-1-3-5-14/h1-8,13,16H,9-12H2. The molecule has 1 aliphatic rings. The van der Waals surface area contributed by atoms with Gasteiger partial charge in [-0.1, -0.05) is 59.6 Å². The Kier molecular flexibility index (Phi) is 6.87. The molecule has 0 bridgehead atoms. The van der Waals surface area contributed by atoms with Crippen molar-refractivity contribution in [2.45, 2.75) is 25.0 Å². The van der Waals surface area contributed by atoms with E-state index in [9.17, 15) is 10.1 Å². The van der Waals surface area contributed by atoms with Crippen LogP contribution in [-0.2, 0) is 33.1 Å². The van der Waals surface area contributed by atoms with Gasteiger partial charge in [0.15, 0.2) is 0 Å². The van der Waals surface area contributed by atoms with Gasteiger partial charge in [0.1, 0.15) is 19.0 Å². The van der Waals surface area contributed by atoms with Gasteiger partial charge in [-0.25, -0.2) is 9.52 Å². The summed E-state index contributed by atoms with van der Waals surface area (Å²) in [6.45, 7) is 0.966. The van der Waals surface area contributed by atoms with Crippen molar-refractivity contribution in [3.63, 3.8) is 0 Å². The maximum Gasteiger partial charge on any atom is 0.327 e. The molecule has 10 nitrogen and oxygen atoms in total. The predicted molar refractivity (Wildman–Crippen MR) is 113 cm³/mol. The monoisotopic (exact) mass is 480 g/mol. The lowest BCUT2D eigenvalue weighted by Gasteiger charge is -2.29. The number of aromatic nitrogens is 3. The molecule has 4 rings (SSSR count). The number of rotatable bonds is 9. The molecular weight excluding hydrogens is 463 g/mol. The number of nitrogens with zero attached hydrogens (tertiary/aromatic N) is 4. The third-order valence-corrected chi connectivity index (χ3v) is 5.21. The highest BCUT2D eigenvalue weighted by Gasteiger charge is 2.45. The van der Waals surface area contributed by atoms with E-state index in [1.807, 2.05) is 30.3 Å². The van der Waals surface area contributed by atoms with Crippen LogP contribution in [0.3, 0.4) is 0 Å². The molecule has 2 unspecified atom stereocenters. The van der Waals surface area contributed by atoms with Crippen LogP contribution in [0.4, 0.5) is 0 Å². The Morgan fingerprint density at radius 2 is 2.06 bits per heavy atom. The van der Waals surface area contributed by atoms with Crippen molar-refractivity contribution in [1.29, 1.82) is 0 Å². The van der Waals surface area contributed by atoms with E-state index in [2.05, 4.69) is 14.9 Å². The van der Waals surface area contributed by atoms with E-state index in [-0.39, 0.29) is 25.9 Å². The molecule has 1 aromatic heterocycles. The zero-order valence-corrected chi connectivity index (χ0v) is 18.1. The molecule has 32 heavy (non-hydrogen) atoms. The third kappa shape index (κ3) is 5.34. The molecule has 2 aromatic carbocycles. The van der Waals surface area contributed by atoms with Crippen LogP contribution in [0, 0.1) is 10.1 Å². The van der Waals surface area contributed by atoms with Crippen molar-refractivity contribution >= 4 is 23.2 Å². The lowest BCUT2D eigenvalue weighted by molar-refractivity contribution is -0.713. The summed E-state index contributed by atoms with van der Waals surface area (Å²) in [5.41, 5.74) is 1.57. The highest BCUT2D eigenvalue weighted by molar-refractivity contribution is 6.35. The highest BCUT2D eigenvalue weighted by atomic mass is 35.5. The van der Waals surface area contributed by atoms with Gasteiger partial charge >= 0.3 is 11.1 Å². The first kappa shape index (κ1) is 22.4. The van der Waals surface area contributed by atoms with E-state index >= 15 is 0 Å². The molecule has 0 spiro atoms. The van der Waals surface area contributed by atoms with Gasteiger partial charge in [0, 0.05) is 10.6 Å². The largest absolute Gasteiger partial charge is 0.374 e. The quantitative estimate of drug-likeness (QED) is 0.337. The Labute approximate surface area is 192 Å². The SMILES string of the molecule is O=[N+]([O-])Oc1ncn(CC2(c3ccc(Cl)cc3Cl)OCC(COCc3ccccc3)O2)n1. The van der Waals surface area contributed by atoms with Crippen LogP contribution >= 0.6 is 23.2 Å². The summed E-state index contributed by atoms with van der Waals surface area (Å²) in [6.07, 6.45) is 0.888. The molecule has 1 aliphatic heterocycles. The number of hydrogen-bond acceptors (Lipinski definition) is 8. The number of hydrogen-bond donors (Lipinski definition) is 0. The predicted octanol–water partition coefficient (Wildman–Crippen LogP) is 3.64. The molecule has 0 aliphatic carbocycles. The fraction of sp³-hybridized carbons (Fsp3) is 0.300. The van der Waals surface area contributed by atoms with E-state index in [4.69, 9.17) is 37.4 Å². The van der Waals surface area contributed by atoms with E-state index in [0.29, 0.717) is 22.2 Å². The molecule has 2 atom stereocenters. The molecule has 168 valence electrons. The van der Waals surface area contributed by atoms with Crippen molar-refractivity contribution in [3.05, 3.63) is 86.1 Å². The number of benzene rings is 2. The smallest absolute Gasteiger partial charge is 0.327 e. The average molecular weight is 481 g/mol. The second kappa shape index (κ2) is 9.80. The molecule has 0 radical (unpaired) electrons. The normalized spacial score (nSPS) is 20.4. The second-order valence-electron chi connectivity index (χ2n) is 6.97. The number of halogens is 2. The Morgan fingerprint density at radius 3 is 2.81 bits per heavy atom. The molecule has 2 heterocycles. The number of ether oxygens (including phenoxy) is 3. The topological polar surface area (TPSA) is 111 Å². The maximum absolute atomic E-state index is 10.5. The van der Waals surface area contributed by atoms with Gasteiger partial charge in [-0.05, 0) is 17.7 Å². The van der Waals surface area contributed by atoms with Gasteiger partial charge in [-0.2, -0.15) is 4.98 Å². The Bertz CT molecular complexity index is 1080. The Balaban J connectivity index is 1.51. The minimum absolute atomic E-state index is 0.0115. The van der Waals surface area contributed by atoms with E-state index in [0.717, 1.165) is 5.56 Å². The summed E-state index contributed by atoms with van der Waals surface area (Å²) in [5.74, 6) is -1.33. The van der Waals surface area contributed by atoms with Gasteiger partial charge in [-0.15, -0.1) is 15.2 Å². The Morgan fingerprint density at radius 1 is 1.25 bits per heavy atom. The highest BCUT2D eigenvalue weighted by Crippen LogP contribution is 2.40. The van der Waals surface area contributed by atoms with E-state index in [1.54, 1.807) is 18.2 Å². The van der Waals surface area contributed by atoms with Gasteiger partial charge in [0.2, 0.25) is 5.79 Å². The summed E-state index contributed by atoms with van der Waals surface area (Å²) in [4.78, 5) is 18.6. The minimum Gasteiger partial charge on any atom is -0.374 e. The molecule has 1 fully saturated rings. The van der Waals surface area contributed by atoms with E-state index < -0.39 is 16.9 Å². The van der Waals surface area contributed by atoms with Crippen molar-refractivity contribution in [3.8, 4) is 6.01 Å². The van der Waals surface area contributed by atoms with Crippen molar-refractivity contribution in [2.75, 3.05) is 13.2 Å². The minimum atomic E-state index is -1.33. The first-order chi connectivity index (χ1) is 15.4. The molecule has 12 heteroatoms. The fourth-order valence-corrected chi connectivity index (χ4v) is 3.87. The first-order valence-electron chi connectivity index (χ1n) is 9.54. The molecule has 0 N–H and O–H groups in total. The fourth-order valence-electron chi connectivity index (χ4n) is 3.31. The van der Waals surface area contributed by atoms with Crippen LogP contribution in [0.2, 0.25) is 10.0 Å².